The molecular weight excluding hydrogens is 338 g/mol. The third-order valence-electron chi connectivity index (χ3n) is 4.08. The van der Waals surface area contributed by atoms with Gasteiger partial charge in [-0.25, -0.2) is 0 Å². The number of hydrogen-bond acceptors (Lipinski definition) is 4. The highest BCUT2D eigenvalue weighted by Gasteiger charge is 2.10. The van der Waals surface area contributed by atoms with Crippen molar-refractivity contribution in [1.29, 1.82) is 0 Å². The number of carbonyl (C=O) groups excluding carboxylic acids is 1. The highest BCUT2D eigenvalue weighted by Crippen LogP contribution is 2.21. The first kappa shape index (κ1) is 18.5. The fourth-order valence-corrected chi connectivity index (χ4v) is 2.74. The number of nitrogens with one attached hydrogen (secondary N) is 2. The summed E-state index contributed by atoms with van der Waals surface area (Å²) in [4.78, 5) is 16.7. The van der Waals surface area contributed by atoms with Crippen LogP contribution in [-0.2, 0) is 0 Å². The third kappa shape index (κ3) is 4.85. The van der Waals surface area contributed by atoms with E-state index < -0.39 is 0 Å². The van der Waals surface area contributed by atoms with Gasteiger partial charge in [-0.15, -0.1) is 0 Å². The number of nitrogens with zero attached hydrogens (tertiary/aromatic N) is 1. The van der Waals surface area contributed by atoms with E-state index >= 15 is 0 Å². The maximum atomic E-state index is 12.6. The van der Waals surface area contributed by atoms with E-state index in [1.807, 2.05) is 69.3 Å². The number of pyridine rings is 1. The maximum Gasteiger partial charge on any atom is 0.274 e. The van der Waals surface area contributed by atoms with Crippen molar-refractivity contribution in [3.05, 3.63) is 77.6 Å². The van der Waals surface area contributed by atoms with Crippen LogP contribution < -0.4 is 15.4 Å². The summed E-state index contributed by atoms with van der Waals surface area (Å²) in [5.41, 5.74) is 5.02. The Morgan fingerprint density at radius 3 is 2.48 bits per heavy atom. The van der Waals surface area contributed by atoms with Gasteiger partial charge >= 0.3 is 0 Å². The van der Waals surface area contributed by atoms with Crippen LogP contribution >= 0.6 is 0 Å². The number of aromatic nitrogens is 1. The molecule has 27 heavy (non-hydrogen) atoms. The van der Waals surface area contributed by atoms with Crippen molar-refractivity contribution in [3.8, 4) is 5.75 Å². The second-order valence-corrected chi connectivity index (χ2v) is 6.28. The molecular formula is C22H23N3O2. The summed E-state index contributed by atoms with van der Waals surface area (Å²) in [6.45, 7) is 6.58. The van der Waals surface area contributed by atoms with E-state index in [0.29, 0.717) is 12.3 Å². The van der Waals surface area contributed by atoms with E-state index in [9.17, 15) is 4.79 Å². The van der Waals surface area contributed by atoms with Gasteiger partial charge < -0.3 is 15.4 Å². The number of carbonyl (C=O) groups is 1. The molecule has 5 heteroatoms. The Morgan fingerprint density at radius 2 is 1.78 bits per heavy atom. The first-order chi connectivity index (χ1) is 13.0. The van der Waals surface area contributed by atoms with Gasteiger partial charge in [0.1, 0.15) is 11.4 Å². The van der Waals surface area contributed by atoms with Crippen LogP contribution in [0.4, 0.5) is 17.1 Å². The van der Waals surface area contributed by atoms with Gasteiger partial charge in [-0.2, -0.15) is 0 Å². The molecule has 1 aromatic heterocycles. The van der Waals surface area contributed by atoms with Crippen molar-refractivity contribution in [1.82, 2.24) is 4.98 Å². The minimum absolute atomic E-state index is 0.239. The van der Waals surface area contributed by atoms with Crippen LogP contribution in [-0.4, -0.2) is 17.5 Å². The molecule has 1 amide bonds. The molecule has 3 aromatic rings. The standard InChI is InChI=1S/C22H23N3O2/c1-4-27-19-8-6-17(7-9-19)24-18-11-12-23-21(14-18)22(26)25-20-10-5-15(2)13-16(20)3/h5-14H,4H2,1-3H3,(H,23,24)(H,25,26). The zero-order valence-electron chi connectivity index (χ0n) is 15.7. The second kappa shape index (κ2) is 8.36. The molecule has 0 bridgehead atoms. The molecule has 0 radical (unpaired) electrons. The van der Waals surface area contributed by atoms with Gasteiger partial charge in [0.05, 0.1) is 6.61 Å². The number of amides is 1. The molecule has 3 rings (SSSR count). The van der Waals surface area contributed by atoms with Gasteiger partial charge in [-0.1, -0.05) is 17.7 Å². The molecule has 5 nitrogen and oxygen atoms in total. The summed E-state index contributed by atoms with van der Waals surface area (Å²) >= 11 is 0. The SMILES string of the molecule is CCOc1ccc(Nc2ccnc(C(=O)Nc3ccc(C)cc3C)c2)cc1. The van der Waals surface area contributed by atoms with Crippen LogP contribution in [0.5, 0.6) is 5.75 Å². The van der Waals surface area contributed by atoms with E-state index in [4.69, 9.17) is 4.74 Å². The average molecular weight is 361 g/mol. The lowest BCUT2D eigenvalue weighted by atomic mass is 10.1. The predicted molar refractivity (Wildman–Crippen MR) is 109 cm³/mol. The van der Waals surface area contributed by atoms with E-state index in [0.717, 1.165) is 33.9 Å². The van der Waals surface area contributed by atoms with Gasteiger partial charge in [-0.3, -0.25) is 9.78 Å². The van der Waals surface area contributed by atoms with Gasteiger partial charge in [0.2, 0.25) is 0 Å². The van der Waals surface area contributed by atoms with Crippen molar-refractivity contribution in [3.63, 3.8) is 0 Å². The Balaban J connectivity index is 1.71. The van der Waals surface area contributed by atoms with Crippen molar-refractivity contribution >= 4 is 23.0 Å². The van der Waals surface area contributed by atoms with Crippen LogP contribution in [0, 0.1) is 13.8 Å². The normalized spacial score (nSPS) is 10.3. The fraction of sp³-hybridized carbons (Fsp3) is 0.182. The molecule has 138 valence electrons. The highest BCUT2D eigenvalue weighted by molar-refractivity contribution is 6.03. The van der Waals surface area contributed by atoms with Crippen LogP contribution in [0.15, 0.2) is 60.8 Å². The van der Waals surface area contributed by atoms with E-state index in [-0.39, 0.29) is 5.91 Å². The second-order valence-electron chi connectivity index (χ2n) is 6.28. The summed E-state index contributed by atoms with van der Waals surface area (Å²) in [5.74, 6) is 0.587. The lowest BCUT2D eigenvalue weighted by Crippen LogP contribution is -2.14. The lowest BCUT2D eigenvalue weighted by molar-refractivity contribution is 0.102. The first-order valence-electron chi connectivity index (χ1n) is 8.89. The molecule has 0 saturated heterocycles. The van der Waals surface area contributed by atoms with Gasteiger partial charge in [0, 0.05) is 23.3 Å². The maximum absolute atomic E-state index is 12.6. The largest absolute Gasteiger partial charge is 0.494 e. The first-order valence-corrected chi connectivity index (χ1v) is 8.89. The number of anilines is 3. The zero-order chi connectivity index (χ0) is 19.2. The van der Waals surface area contributed by atoms with Crippen LogP contribution in [0.25, 0.3) is 0 Å². The van der Waals surface area contributed by atoms with Gasteiger partial charge in [-0.05, 0) is 68.8 Å². The Morgan fingerprint density at radius 1 is 1.00 bits per heavy atom. The Labute approximate surface area is 159 Å². The number of ether oxygens (including phenoxy) is 1. The van der Waals surface area contributed by atoms with E-state index in [1.165, 1.54) is 0 Å². The highest BCUT2D eigenvalue weighted by atomic mass is 16.5. The minimum atomic E-state index is -0.239. The molecule has 2 N–H and O–H groups in total. The zero-order valence-corrected chi connectivity index (χ0v) is 15.7. The van der Waals surface area contributed by atoms with Gasteiger partial charge in [0.15, 0.2) is 0 Å². The number of benzene rings is 2. The van der Waals surface area contributed by atoms with Crippen molar-refractivity contribution in [2.24, 2.45) is 0 Å². The monoisotopic (exact) mass is 361 g/mol. The molecule has 0 aliphatic carbocycles. The lowest BCUT2D eigenvalue weighted by Gasteiger charge is -2.11. The molecule has 0 spiro atoms. The molecule has 1 heterocycles. The Kier molecular flexibility index (Phi) is 5.71. The van der Waals surface area contributed by atoms with E-state index in [2.05, 4.69) is 15.6 Å². The Hall–Kier alpha value is -3.34. The summed E-state index contributed by atoms with van der Waals surface area (Å²) in [6, 6.07) is 17.1. The number of hydrogen-bond donors (Lipinski definition) is 2. The van der Waals surface area contributed by atoms with Crippen LogP contribution in [0.3, 0.4) is 0 Å². The fourth-order valence-electron chi connectivity index (χ4n) is 2.74. The van der Waals surface area contributed by atoms with Gasteiger partial charge in [0.25, 0.3) is 5.91 Å². The summed E-state index contributed by atoms with van der Waals surface area (Å²) in [7, 11) is 0. The molecule has 0 atom stereocenters. The van der Waals surface area contributed by atoms with Crippen molar-refractivity contribution in [2.75, 3.05) is 17.2 Å². The van der Waals surface area contributed by atoms with E-state index in [1.54, 1.807) is 12.3 Å². The average Bonchev–Trinajstić information content (AvgIpc) is 2.66. The van der Waals surface area contributed by atoms with Crippen molar-refractivity contribution in [2.45, 2.75) is 20.8 Å². The molecule has 0 fully saturated rings. The molecule has 0 saturated carbocycles. The summed E-state index contributed by atoms with van der Waals surface area (Å²) < 4.78 is 5.44. The molecule has 0 aliphatic rings. The Bertz CT molecular complexity index is 937. The topological polar surface area (TPSA) is 63.2 Å². The van der Waals surface area contributed by atoms with Crippen LogP contribution in [0.1, 0.15) is 28.5 Å². The summed E-state index contributed by atoms with van der Waals surface area (Å²) in [6.07, 6.45) is 1.62. The molecule has 2 aromatic carbocycles. The number of rotatable bonds is 6. The third-order valence-corrected chi connectivity index (χ3v) is 4.08. The van der Waals surface area contributed by atoms with Crippen LogP contribution in [0.2, 0.25) is 0 Å². The molecule has 0 aliphatic heterocycles. The smallest absolute Gasteiger partial charge is 0.274 e. The van der Waals surface area contributed by atoms with Crippen molar-refractivity contribution < 1.29 is 9.53 Å². The quantitative estimate of drug-likeness (QED) is 0.642. The minimum Gasteiger partial charge on any atom is -0.494 e. The molecule has 0 unspecified atom stereocenters. The predicted octanol–water partition coefficient (Wildman–Crippen LogP) is 5.09. The summed E-state index contributed by atoms with van der Waals surface area (Å²) in [5, 5.41) is 6.20. The number of aryl methyl sites for hydroxylation is 2.